The van der Waals surface area contributed by atoms with Gasteiger partial charge in [0.05, 0.1) is 6.61 Å². The summed E-state index contributed by atoms with van der Waals surface area (Å²) in [5.74, 6) is -0.176. The molecule has 7 heteroatoms. The second kappa shape index (κ2) is 9.01. The first-order chi connectivity index (χ1) is 11.5. The molecule has 0 radical (unpaired) electrons. The fraction of sp³-hybridized carbons (Fsp3) is 0.824. The van der Waals surface area contributed by atoms with Crippen LogP contribution in [0, 0.1) is 11.8 Å². The first kappa shape index (κ1) is 18.7. The van der Waals surface area contributed by atoms with Gasteiger partial charge in [-0.3, -0.25) is 14.4 Å². The average Bonchev–Trinajstić information content (AvgIpc) is 3.37. The molecule has 136 valence electrons. The average molecular weight is 339 g/mol. The third-order valence-electron chi connectivity index (χ3n) is 4.72. The van der Waals surface area contributed by atoms with Crippen LogP contribution in [0.25, 0.3) is 0 Å². The summed E-state index contributed by atoms with van der Waals surface area (Å²) in [6.45, 7) is 1.42. The minimum Gasteiger partial charge on any atom is -0.383 e. The van der Waals surface area contributed by atoms with Crippen molar-refractivity contribution in [3.8, 4) is 0 Å². The van der Waals surface area contributed by atoms with Crippen LogP contribution in [0.1, 0.15) is 38.5 Å². The Morgan fingerprint density at radius 2 is 1.92 bits per heavy atom. The Labute approximate surface area is 143 Å². The quantitative estimate of drug-likeness (QED) is 0.681. The van der Waals surface area contributed by atoms with Crippen LogP contribution in [0.3, 0.4) is 0 Å². The lowest BCUT2D eigenvalue weighted by molar-refractivity contribution is -0.135. The SMILES string of the molecule is COCCNC(=O)C1CCCC(NC(=O)C2CC2)CN(C)C(=O)C1. The van der Waals surface area contributed by atoms with Crippen molar-refractivity contribution >= 4 is 17.7 Å². The molecule has 2 unspecified atom stereocenters. The van der Waals surface area contributed by atoms with E-state index < -0.39 is 0 Å². The predicted molar refractivity (Wildman–Crippen MR) is 89.1 cm³/mol. The van der Waals surface area contributed by atoms with Crippen molar-refractivity contribution in [2.75, 3.05) is 33.9 Å². The normalized spacial score (nSPS) is 25.4. The van der Waals surface area contributed by atoms with Crippen molar-refractivity contribution in [1.29, 1.82) is 0 Å². The van der Waals surface area contributed by atoms with Crippen LogP contribution in [-0.2, 0) is 19.1 Å². The van der Waals surface area contributed by atoms with Gasteiger partial charge in [-0.2, -0.15) is 0 Å². The Kier molecular flexibility index (Phi) is 7.02. The van der Waals surface area contributed by atoms with Crippen molar-refractivity contribution < 1.29 is 19.1 Å². The van der Waals surface area contributed by atoms with Crippen LogP contribution in [0.4, 0.5) is 0 Å². The maximum absolute atomic E-state index is 12.4. The molecular weight excluding hydrogens is 310 g/mol. The first-order valence-electron chi connectivity index (χ1n) is 8.82. The number of ether oxygens (including phenoxy) is 1. The number of hydrogen-bond acceptors (Lipinski definition) is 4. The second-order valence-corrected chi connectivity index (χ2v) is 6.87. The van der Waals surface area contributed by atoms with Gasteiger partial charge in [0.1, 0.15) is 0 Å². The van der Waals surface area contributed by atoms with Gasteiger partial charge in [-0.25, -0.2) is 0 Å². The zero-order valence-corrected chi connectivity index (χ0v) is 14.7. The Bertz CT molecular complexity index is 465. The topological polar surface area (TPSA) is 87.7 Å². The predicted octanol–water partition coefficient (Wildman–Crippen LogP) is 0.292. The van der Waals surface area contributed by atoms with Gasteiger partial charge in [0.25, 0.3) is 0 Å². The van der Waals surface area contributed by atoms with Crippen LogP contribution in [-0.4, -0.2) is 62.5 Å². The van der Waals surface area contributed by atoms with E-state index in [0.717, 1.165) is 25.7 Å². The molecule has 1 aliphatic carbocycles. The molecule has 2 N–H and O–H groups in total. The third-order valence-corrected chi connectivity index (χ3v) is 4.72. The summed E-state index contributed by atoms with van der Waals surface area (Å²) >= 11 is 0. The van der Waals surface area contributed by atoms with E-state index in [-0.39, 0.29) is 42.0 Å². The lowest BCUT2D eigenvalue weighted by Gasteiger charge is -2.24. The van der Waals surface area contributed by atoms with E-state index in [1.807, 2.05) is 0 Å². The molecule has 1 heterocycles. The summed E-state index contributed by atoms with van der Waals surface area (Å²) in [5, 5.41) is 5.88. The number of carbonyl (C=O) groups excluding carboxylic acids is 3. The summed E-state index contributed by atoms with van der Waals surface area (Å²) in [4.78, 5) is 38.2. The van der Waals surface area contributed by atoms with Crippen molar-refractivity contribution in [2.45, 2.75) is 44.6 Å². The first-order valence-corrected chi connectivity index (χ1v) is 8.82. The van der Waals surface area contributed by atoms with Gasteiger partial charge < -0.3 is 20.3 Å². The van der Waals surface area contributed by atoms with Crippen molar-refractivity contribution in [2.24, 2.45) is 11.8 Å². The smallest absolute Gasteiger partial charge is 0.223 e. The number of carbonyl (C=O) groups is 3. The molecule has 24 heavy (non-hydrogen) atoms. The standard InChI is InChI=1S/C17H29N3O4/c1-20-11-14(19-17(23)12-6-7-12)5-3-4-13(10-15(20)21)16(22)18-8-9-24-2/h12-14H,3-11H2,1-2H3,(H,18,22)(H,19,23). The van der Waals surface area contributed by atoms with E-state index in [9.17, 15) is 14.4 Å². The molecule has 0 aromatic carbocycles. The monoisotopic (exact) mass is 339 g/mol. The number of nitrogens with zero attached hydrogens (tertiary/aromatic N) is 1. The minimum atomic E-state index is -0.310. The Morgan fingerprint density at radius 1 is 1.17 bits per heavy atom. The summed E-state index contributed by atoms with van der Waals surface area (Å²) in [5.41, 5.74) is 0. The zero-order chi connectivity index (χ0) is 17.5. The largest absolute Gasteiger partial charge is 0.383 e. The van der Waals surface area contributed by atoms with Crippen molar-refractivity contribution in [3.05, 3.63) is 0 Å². The van der Waals surface area contributed by atoms with Gasteiger partial charge in [-0.05, 0) is 25.7 Å². The van der Waals surface area contributed by atoms with E-state index in [0.29, 0.717) is 26.1 Å². The van der Waals surface area contributed by atoms with Crippen LogP contribution < -0.4 is 10.6 Å². The van der Waals surface area contributed by atoms with E-state index >= 15 is 0 Å². The number of amides is 3. The molecule has 7 nitrogen and oxygen atoms in total. The number of hydrogen-bond donors (Lipinski definition) is 2. The highest BCUT2D eigenvalue weighted by Crippen LogP contribution is 2.29. The Morgan fingerprint density at radius 3 is 2.58 bits per heavy atom. The summed E-state index contributed by atoms with van der Waals surface area (Å²) in [6, 6.07) is -0.0256. The molecule has 1 aliphatic heterocycles. The molecule has 0 bridgehead atoms. The van der Waals surface area contributed by atoms with E-state index in [1.54, 1.807) is 19.1 Å². The molecule has 0 aromatic heterocycles. The lowest BCUT2D eigenvalue weighted by Crippen LogP contribution is -2.44. The molecule has 2 rings (SSSR count). The number of likely N-dealkylation sites (N-methyl/N-ethyl adjacent to an activating group) is 1. The summed E-state index contributed by atoms with van der Waals surface area (Å²) in [7, 11) is 3.32. The lowest BCUT2D eigenvalue weighted by atomic mass is 9.96. The molecule has 2 fully saturated rings. The molecule has 2 atom stereocenters. The number of rotatable bonds is 6. The van der Waals surface area contributed by atoms with Gasteiger partial charge in [-0.15, -0.1) is 0 Å². The highest BCUT2D eigenvalue weighted by Gasteiger charge is 2.32. The van der Waals surface area contributed by atoms with Gasteiger partial charge in [0.15, 0.2) is 0 Å². The summed E-state index contributed by atoms with van der Waals surface area (Å²) < 4.78 is 4.93. The van der Waals surface area contributed by atoms with E-state index in [4.69, 9.17) is 4.74 Å². The van der Waals surface area contributed by atoms with Gasteiger partial charge in [0.2, 0.25) is 17.7 Å². The maximum Gasteiger partial charge on any atom is 0.223 e. The van der Waals surface area contributed by atoms with Crippen LogP contribution in [0.2, 0.25) is 0 Å². The fourth-order valence-electron chi connectivity index (χ4n) is 3.03. The van der Waals surface area contributed by atoms with Crippen molar-refractivity contribution in [3.63, 3.8) is 0 Å². The maximum atomic E-state index is 12.4. The molecule has 0 aromatic rings. The number of nitrogens with one attached hydrogen (secondary N) is 2. The van der Waals surface area contributed by atoms with Crippen molar-refractivity contribution in [1.82, 2.24) is 15.5 Å². The molecule has 1 saturated heterocycles. The molecule has 0 spiro atoms. The Hall–Kier alpha value is -1.63. The molecule has 3 amide bonds. The molecular formula is C17H29N3O4. The Balaban J connectivity index is 1.89. The van der Waals surface area contributed by atoms with Gasteiger partial charge in [0, 0.05) is 51.5 Å². The minimum absolute atomic E-state index is 0.0256. The van der Waals surface area contributed by atoms with Crippen LogP contribution in [0.15, 0.2) is 0 Å². The fourth-order valence-corrected chi connectivity index (χ4v) is 3.03. The van der Waals surface area contributed by atoms with Gasteiger partial charge >= 0.3 is 0 Å². The summed E-state index contributed by atoms with van der Waals surface area (Å²) in [6.07, 6.45) is 4.43. The van der Waals surface area contributed by atoms with E-state index in [1.165, 1.54) is 0 Å². The van der Waals surface area contributed by atoms with Gasteiger partial charge in [-0.1, -0.05) is 6.42 Å². The highest BCUT2D eigenvalue weighted by molar-refractivity contribution is 5.86. The zero-order valence-electron chi connectivity index (χ0n) is 14.7. The van der Waals surface area contributed by atoms with Crippen LogP contribution >= 0.6 is 0 Å². The molecule has 2 aliphatic rings. The molecule has 1 saturated carbocycles. The van der Waals surface area contributed by atoms with Crippen LogP contribution in [0.5, 0.6) is 0 Å². The number of methoxy groups -OCH3 is 1. The second-order valence-electron chi connectivity index (χ2n) is 6.87. The highest BCUT2D eigenvalue weighted by atomic mass is 16.5. The third kappa shape index (κ3) is 5.78. The van der Waals surface area contributed by atoms with E-state index in [2.05, 4.69) is 10.6 Å².